The van der Waals surface area contributed by atoms with Gasteiger partial charge in [-0.05, 0) is 24.6 Å². The lowest BCUT2D eigenvalue weighted by Crippen LogP contribution is -2.47. The molecule has 1 aliphatic rings. The van der Waals surface area contributed by atoms with Crippen LogP contribution in [0.5, 0.6) is 11.5 Å². The smallest absolute Gasteiger partial charge is 0.325 e. The van der Waals surface area contributed by atoms with Crippen molar-refractivity contribution in [3.63, 3.8) is 0 Å². The van der Waals surface area contributed by atoms with Crippen LogP contribution in [-0.2, 0) is 4.79 Å². The first kappa shape index (κ1) is 15.9. The SMILES string of the molecule is CCOc1cc(C(C(=O)O)N2CCNCC2)cc(Cl)c1O. The van der Waals surface area contributed by atoms with Gasteiger partial charge in [0.1, 0.15) is 6.04 Å². The molecule has 116 valence electrons. The summed E-state index contributed by atoms with van der Waals surface area (Å²) in [6, 6.07) is 2.23. The maximum atomic E-state index is 11.7. The van der Waals surface area contributed by atoms with Gasteiger partial charge in [-0.15, -0.1) is 0 Å². The molecular weight excluding hydrogens is 296 g/mol. The van der Waals surface area contributed by atoms with Gasteiger partial charge >= 0.3 is 5.97 Å². The van der Waals surface area contributed by atoms with Crippen LogP contribution >= 0.6 is 11.6 Å². The summed E-state index contributed by atoms with van der Waals surface area (Å²) in [4.78, 5) is 13.5. The van der Waals surface area contributed by atoms with Gasteiger partial charge in [0.05, 0.1) is 11.6 Å². The van der Waals surface area contributed by atoms with Crippen LogP contribution in [0.25, 0.3) is 0 Å². The molecule has 0 radical (unpaired) electrons. The zero-order valence-electron chi connectivity index (χ0n) is 11.8. The molecule has 0 aromatic heterocycles. The number of benzene rings is 1. The lowest BCUT2D eigenvalue weighted by atomic mass is 10.0. The Bertz CT molecular complexity index is 518. The first-order valence-electron chi connectivity index (χ1n) is 6.87. The first-order valence-corrected chi connectivity index (χ1v) is 7.25. The normalized spacial score (nSPS) is 17.4. The molecule has 1 atom stereocenters. The molecule has 7 heteroatoms. The van der Waals surface area contributed by atoms with Gasteiger partial charge in [-0.3, -0.25) is 9.69 Å². The predicted octanol–water partition coefficient (Wildman–Crippen LogP) is 1.48. The number of piperazine rings is 1. The standard InChI is InChI=1S/C14H19ClN2O4/c1-2-21-11-8-9(7-10(15)13(11)18)12(14(19)20)17-5-3-16-4-6-17/h7-8,12,16,18H,2-6H2,1H3,(H,19,20). The molecule has 1 fully saturated rings. The van der Waals surface area contributed by atoms with Crippen molar-refractivity contribution in [3.05, 3.63) is 22.7 Å². The lowest BCUT2D eigenvalue weighted by molar-refractivity contribution is -0.143. The summed E-state index contributed by atoms with van der Waals surface area (Å²) in [5.41, 5.74) is 0.510. The Balaban J connectivity index is 2.37. The van der Waals surface area contributed by atoms with Crippen LogP contribution in [0.3, 0.4) is 0 Å². The van der Waals surface area contributed by atoms with Gasteiger partial charge in [0, 0.05) is 26.2 Å². The Labute approximate surface area is 128 Å². The number of aliphatic carboxylic acids is 1. The van der Waals surface area contributed by atoms with Gasteiger partial charge in [0.15, 0.2) is 11.5 Å². The zero-order valence-corrected chi connectivity index (χ0v) is 12.6. The minimum absolute atomic E-state index is 0.0948. The summed E-state index contributed by atoms with van der Waals surface area (Å²) in [6.07, 6.45) is 0. The molecule has 6 nitrogen and oxygen atoms in total. The molecule has 0 spiro atoms. The molecule has 1 unspecified atom stereocenters. The van der Waals surface area contributed by atoms with Gasteiger partial charge < -0.3 is 20.3 Å². The predicted molar refractivity (Wildman–Crippen MR) is 79.1 cm³/mol. The van der Waals surface area contributed by atoms with Gasteiger partial charge in [-0.2, -0.15) is 0 Å². The van der Waals surface area contributed by atoms with Gasteiger partial charge in [0.25, 0.3) is 0 Å². The van der Waals surface area contributed by atoms with Crippen molar-refractivity contribution in [1.82, 2.24) is 10.2 Å². The number of phenolic OH excluding ortho intramolecular Hbond substituents is 1. The van der Waals surface area contributed by atoms with E-state index in [0.29, 0.717) is 25.3 Å². The summed E-state index contributed by atoms with van der Waals surface area (Å²) in [6.45, 7) is 4.91. The van der Waals surface area contributed by atoms with Crippen LogP contribution in [0.2, 0.25) is 5.02 Å². The van der Waals surface area contributed by atoms with Gasteiger partial charge in [0.2, 0.25) is 0 Å². The van der Waals surface area contributed by atoms with E-state index in [1.54, 1.807) is 13.0 Å². The maximum Gasteiger partial charge on any atom is 0.325 e. The molecule has 0 amide bonds. The van der Waals surface area contributed by atoms with Gasteiger partial charge in [-0.25, -0.2) is 0 Å². The molecule has 0 saturated carbocycles. The Hall–Kier alpha value is -1.50. The topological polar surface area (TPSA) is 82.0 Å². The second-order valence-corrected chi connectivity index (χ2v) is 5.22. The van der Waals surface area contributed by atoms with E-state index < -0.39 is 12.0 Å². The number of carboxylic acids is 1. The minimum Gasteiger partial charge on any atom is -0.503 e. The third-order valence-electron chi connectivity index (χ3n) is 3.42. The van der Waals surface area contributed by atoms with E-state index in [1.165, 1.54) is 6.07 Å². The summed E-state index contributed by atoms with van der Waals surface area (Å²) < 4.78 is 5.32. The average molecular weight is 315 g/mol. The first-order chi connectivity index (χ1) is 10.0. The number of rotatable bonds is 5. The van der Waals surface area contributed by atoms with Crippen LogP contribution in [0.4, 0.5) is 0 Å². The number of halogens is 1. The monoisotopic (exact) mass is 314 g/mol. The van der Waals surface area contributed by atoms with Crippen molar-refractivity contribution < 1.29 is 19.7 Å². The fourth-order valence-corrected chi connectivity index (χ4v) is 2.69. The molecule has 0 aliphatic carbocycles. The number of ether oxygens (including phenoxy) is 1. The summed E-state index contributed by atoms with van der Waals surface area (Å²) in [5.74, 6) is -0.894. The van der Waals surface area contributed by atoms with E-state index >= 15 is 0 Å². The van der Waals surface area contributed by atoms with Crippen LogP contribution in [0.1, 0.15) is 18.5 Å². The number of phenols is 1. The van der Waals surface area contributed by atoms with Crippen molar-refractivity contribution in [2.24, 2.45) is 0 Å². The number of carboxylic acid groups (broad SMARTS) is 1. The molecule has 1 aromatic rings. The van der Waals surface area contributed by atoms with Crippen molar-refractivity contribution in [2.45, 2.75) is 13.0 Å². The zero-order chi connectivity index (χ0) is 15.4. The molecule has 1 heterocycles. The second-order valence-electron chi connectivity index (χ2n) is 4.81. The van der Waals surface area contributed by atoms with Crippen LogP contribution in [0.15, 0.2) is 12.1 Å². The Morgan fingerprint density at radius 2 is 2.14 bits per heavy atom. The third kappa shape index (κ3) is 3.58. The van der Waals surface area contributed by atoms with Crippen LogP contribution in [-0.4, -0.2) is 53.9 Å². The Kier molecular flexibility index (Phi) is 5.27. The van der Waals surface area contributed by atoms with Crippen LogP contribution in [0, 0.1) is 0 Å². The number of hydrogen-bond acceptors (Lipinski definition) is 5. The van der Waals surface area contributed by atoms with Crippen LogP contribution < -0.4 is 10.1 Å². The quantitative estimate of drug-likeness (QED) is 0.763. The number of nitrogens with zero attached hydrogens (tertiary/aromatic N) is 1. The summed E-state index contributed by atoms with van der Waals surface area (Å²) in [7, 11) is 0. The van der Waals surface area contributed by atoms with Crippen molar-refractivity contribution in [1.29, 1.82) is 0 Å². The number of hydrogen-bond donors (Lipinski definition) is 3. The largest absolute Gasteiger partial charge is 0.503 e. The van der Waals surface area contributed by atoms with Gasteiger partial charge in [-0.1, -0.05) is 11.6 Å². The van der Waals surface area contributed by atoms with Crippen molar-refractivity contribution in [2.75, 3.05) is 32.8 Å². The maximum absolute atomic E-state index is 11.7. The molecule has 2 rings (SSSR count). The molecule has 3 N–H and O–H groups in total. The molecule has 1 aliphatic heterocycles. The average Bonchev–Trinajstić information content (AvgIpc) is 2.45. The van der Waals surface area contributed by atoms with Crippen molar-refractivity contribution in [3.8, 4) is 11.5 Å². The molecule has 0 bridgehead atoms. The van der Waals surface area contributed by atoms with E-state index in [4.69, 9.17) is 16.3 Å². The number of carbonyl (C=O) groups is 1. The number of aromatic hydroxyl groups is 1. The molecular formula is C14H19ClN2O4. The highest BCUT2D eigenvalue weighted by atomic mass is 35.5. The minimum atomic E-state index is -0.943. The Morgan fingerprint density at radius 3 is 2.71 bits per heavy atom. The molecule has 1 aromatic carbocycles. The molecule has 21 heavy (non-hydrogen) atoms. The van der Waals surface area contributed by atoms with E-state index in [9.17, 15) is 15.0 Å². The highest BCUT2D eigenvalue weighted by Gasteiger charge is 2.29. The van der Waals surface area contributed by atoms with E-state index in [2.05, 4.69) is 5.32 Å². The summed E-state index contributed by atoms with van der Waals surface area (Å²) in [5, 5.41) is 22.7. The third-order valence-corrected chi connectivity index (χ3v) is 3.71. The number of nitrogens with one attached hydrogen (secondary N) is 1. The fraction of sp³-hybridized carbons (Fsp3) is 0.500. The van der Waals surface area contributed by atoms with E-state index in [0.717, 1.165) is 13.1 Å². The van der Waals surface area contributed by atoms with E-state index in [-0.39, 0.29) is 16.5 Å². The highest BCUT2D eigenvalue weighted by molar-refractivity contribution is 6.32. The second kappa shape index (κ2) is 6.98. The Morgan fingerprint density at radius 1 is 1.48 bits per heavy atom. The molecule has 1 saturated heterocycles. The lowest BCUT2D eigenvalue weighted by Gasteiger charge is -2.32. The van der Waals surface area contributed by atoms with Crippen molar-refractivity contribution >= 4 is 17.6 Å². The summed E-state index contributed by atoms with van der Waals surface area (Å²) >= 11 is 5.99. The van der Waals surface area contributed by atoms with E-state index in [1.807, 2.05) is 4.90 Å². The fourth-order valence-electron chi connectivity index (χ4n) is 2.47. The highest BCUT2D eigenvalue weighted by Crippen LogP contribution is 2.38.